The van der Waals surface area contributed by atoms with Crippen molar-refractivity contribution in [3.63, 3.8) is 0 Å². The number of carbonyl (C=O) groups excluding carboxylic acids is 1. The first-order valence-corrected chi connectivity index (χ1v) is 10.0. The van der Waals surface area contributed by atoms with Gasteiger partial charge < -0.3 is 15.2 Å². The lowest BCUT2D eigenvalue weighted by Gasteiger charge is -2.18. The molecule has 2 N–H and O–H groups in total. The van der Waals surface area contributed by atoms with Crippen molar-refractivity contribution in [2.24, 2.45) is 0 Å². The van der Waals surface area contributed by atoms with E-state index >= 15 is 0 Å². The number of aliphatic hydroxyl groups is 1. The van der Waals surface area contributed by atoms with Gasteiger partial charge in [-0.1, -0.05) is 29.8 Å². The molecule has 0 bridgehead atoms. The van der Waals surface area contributed by atoms with Gasteiger partial charge in [-0.05, 0) is 66.7 Å². The molecule has 0 saturated heterocycles. The molecule has 0 aliphatic heterocycles. The number of benzene rings is 3. The van der Waals surface area contributed by atoms with Gasteiger partial charge in [0.05, 0.1) is 13.7 Å². The summed E-state index contributed by atoms with van der Waals surface area (Å²) in [6.45, 7) is 1.38. The predicted octanol–water partition coefficient (Wildman–Crippen LogP) is 4.69. The quantitative estimate of drug-likeness (QED) is 0.550. The Morgan fingerprint density at radius 1 is 1.03 bits per heavy atom. The van der Waals surface area contributed by atoms with Crippen LogP contribution in [0.25, 0.3) is 11.1 Å². The van der Waals surface area contributed by atoms with Gasteiger partial charge in [0.25, 0.3) is 5.91 Å². The summed E-state index contributed by atoms with van der Waals surface area (Å²) in [6, 6.07) is 20.5. The van der Waals surface area contributed by atoms with E-state index in [1.165, 1.54) is 0 Å². The van der Waals surface area contributed by atoms with Crippen LogP contribution in [0, 0.1) is 0 Å². The van der Waals surface area contributed by atoms with E-state index in [-0.39, 0.29) is 12.5 Å². The number of likely N-dealkylation sites (N-methyl/N-ethyl adjacent to an activating group) is 1. The van der Waals surface area contributed by atoms with E-state index < -0.39 is 0 Å². The standard InChI is InChI=1S/C24H25ClN2O3/c1-27(13-14-28)16-20-15-19(7-12-23(20)30-2)17-5-10-22(11-6-17)26-24(29)18-3-8-21(25)9-4-18/h3-12,15,28H,13-14,16H2,1-2H3,(H,26,29). The normalized spacial score (nSPS) is 10.8. The highest BCUT2D eigenvalue weighted by molar-refractivity contribution is 6.30. The Morgan fingerprint density at radius 2 is 1.70 bits per heavy atom. The van der Waals surface area contributed by atoms with E-state index in [0.29, 0.717) is 23.7 Å². The predicted molar refractivity (Wildman–Crippen MR) is 121 cm³/mol. The number of carbonyl (C=O) groups is 1. The number of nitrogens with one attached hydrogen (secondary N) is 1. The van der Waals surface area contributed by atoms with Gasteiger partial charge in [-0.15, -0.1) is 0 Å². The average Bonchev–Trinajstić information content (AvgIpc) is 2.75. The second kappa shape index (κ2) is 10.3. The number of rotatable bonds is 8. The lowest BCUT2D eigenvalue weighted by Crippen LogP contribution is -2.21. The van der Waals surface area contributed by atoms with Gasteiger partial charge in [0.15, 0.2) is 0 Å². The third-order valence-corrected chi connectivity index (χ3v) is 5.04. The molecule has 5 nitrogen and oxygen atoms in total. The molecule has 3 rings (SSSR count). The smallest absolute Gasteiger partial charge is 0.255 e. The molecule has 3 aromatic rings. The van der Waals surface area contributed by atoms with Crippen LogP contribution in [0.3, 0.4) is 0 Å². The molecule has 0 atom stereocenters. The molecule has 0 saturated carbocycles. The minimum atomic E-state index is -0.182. The zero-order valence-corrected chi connectivity index (χ0v) is 17.8. The van der Waals surface area contributed by atoms with E-state index in [1.807, 2.05) is 48.3 Å². The van der Waals surface area contributed by atoms with Crippen LogP contribution >= 0.6 is 11.6 Å². The van der Waals surface area contributed by atoms with Crippen molar-refractivity contribution in [3.05, 3.63) is 82.9 Å². The molecule has 0 unspecified atom stereocenters. The Bertz CT molecular complexity index is 988. The van der Waals surface area contributed by atoms with Gasteiger partial charge in [0.2, 0.25) is 0 Å². The second-order valence-electron chi connectivity index (χ2n) is 7.03. The Kier molecular flexibility index (Phi) is 7.46. The van der Waals surface area contributed by atoms with Gasteiger partial charge in [0, 0.05) is 34.9 Å². The number of aliphatic hydroxyl groups excluding tert-OH is 1. The van der Waals surface area contributed by atoms with E-state index in [9.17, 15) is 4.79 Å². The zero-order chi connectivity index (χ0) is 21.5. The van der Waals surface area contributed by atoms with Crippen LogP contribution in [-0.4, -0.2) is 43.2 Å². The van der Waals surface area contributed by atoms with Crippen LogP contribution in [0.15, 0.2) is 66.7 Å². The average molecular weight is 425 g/mol. The van der Waals surface area contributed by atoms with Crippen LogP contribution < -0.4 is 10.1 Å². The third kappa shape index (κ3) is 5.60. The number of amides is 1. The molecule has 0 aromatic heterocycles. The minimum absolute atomic E-state index is 0.113. The van der Waals surface area contributed by atoms with Crippen LogP contribution in [0.2, 0.25) is 5.02 Å². The van der Waals surface area contributed by atoms with Crippen molar-refractivity contribution in [1.29, 1.82) is 0 Å². The molecule has 0 aliphatic carbocycles. The SMILES string of the molecule is COc1ccc(-c2ccc(NC(=O)c3ccc(Cl)cc3)cc2)cc1CN(C)CCO. The van der Waals surface area contributed by atoms with Crippen LogP contribution in [0.1, 0.15) is 15.9 Å². The Labute approximate surface area is 181 Å². The molecule has 156 valence electrons. The maximum atomic E-state index is 12.4. The number of nitrogens with zero attached hydrogens (tertiary/aromatic N) is 1. The maximum absolute atomic E-state index is 12.4. The van der Waals surface area contributed by atoms with Crippen LogP contribution in [0.4, 0.5) is 5.69 Å². The lowest BCUT2D eigenvalue weighted by atomic mass is 10.0. The monoisotopic (exact) mass is 424 g/mol. The Morgan fingerprint density at radius 3 is 2.33 bits per heavy atom. The number of hydrogen-bond donors (Lipinski definition) is 2. The summed E-state index contributed by atoms with van der Waals surface area (Å²) in [6.07, 6.45) is 0. The molecule has 0 heterocycles. The first kappa shape index (κ1) is 21.8. The molecule has 0 aliphatic rings. The topological polar surface area (TPSA) is 61.8 Å². The van der Waals surface area contributed by atoms with Crippen molar-refractivity contribution >= 4 is 23.2 Å². The maximum Gasteiger partial charge on any atom is 0.255 e. The summed E-state index contributed by atoms with van der Waals surface area (Å²) in [7, 11) is 3.61. The summed E-state index contributed by atoms with van der Waals surface area (Å²) in [4.78, 5) is 14.4. The van der Waals surface area contributed by atoms with E-state index in [0.717, 1.165) is 28.1 Å². The molecule has 6 heteroatoms. The summed E-state index contributed by atoms with van der Waals surface area (Å²) in [5.41, 5.74) is 4.41. The van der Waals surface area contributed by atoms with Crippen molar-refractivity contribution in [2.45, 2.75) is 6.54 Å². The van der Waals surface area contributed by atoms with Gasteiger partial charge in [-0.3, -0.25) is 9.69 Å². The lowest BCUT2D eigenvalue weighted by molar-refractivity contribution is 0.102. The highest BCUT2D eigenvalue weighted by Crippen LogP contribution is 2.28. The minimum Gasteiger partial charge on any atom is -0.496 e. The highest BCUT2D eigenvalue weighted by atomic mass is 35.5. The molecule has 30 heavy (non-hydrogen) atoms. The molecule has 0 radical (unpaired) electrons. The van der Waals surface area contributed by atoms with Gasteiger partial charge in [-0.2, -0.15) is 0 Å². The van der Waals surface area contributed by atoms with Crippen molar-refractivity contribution in [3.8, 4) is 16.9 Å². The number of halogens is 1. The Hall–Kier alpha value is -2.86. The summed E-state index contributed by atoms with van der Waals surface area (Å²) in [5.74, 6) is 0.633. The van der Waals surface area contributed by atoms with Gasteiger partial charge >= 0.3 is 0 Å². The molecule has 0 spiro atoms. The number of methoxy groups -OCH3 is 1. The van der Waals surface area contributed by atoms with Gasteiger partial charge in [0.1, 0.15) is 5.75 Å². The summed E-state index contributed by atoms with van der Waals surface area (Å²) >= 11 is 5.87. The number of anilines is 1. The van der Waals surface area contributed by atoms with E-state index in [2.05, 4.69) is 11.4 Å². The molecule has 0 fully saturated rings. The summed E-state index contributed by atoms with van der Waals surface area (Å²) in [5, 5.41) is 12.6. The van der Waals surface area contributed by atoms with Crippen molar-refractivity contribution in [1.82, 2.24) is 4.90 Å². The fourth-order valence-electron chi connectivity index (χ4n) is 3.17. The van der Waals surface area contributed by atoms with Gasteiger partial charge in [-0.25, -0.2) is 0 Å². The molecular formula is C24H25ClN2O3. The number of hydrogen-bond acceptors (Lipinski definition) is 4. The van der Waals surface area contributed by atoms with Crippen LogP contribution in [0.5, 0.6) is 5.75 Å². The molecule has 1 amide bonds. The van der Waals surface area contributed by atoms with Crippen LogP contribution in [-0.2, 0) is 6.54 Å². The third-order valence-electron chi connectivity index (χ3n) is 4.78. The number of ether oxygens (including phenoxy) is 1. The Balaban J connectivity index is 1.75. The molecular weight excluding hydrogens is 400 g/mol. The van der Waals surface area contributed by atoms with Crippen molar-refractivity contribution in [2.75, 3.05) is 32.6 Å². The first-order valence-electron chi connectivity index (χ1n) is 9.64. The van der Waals surface area contributed by atoms with Crippen molar-refractivity contribution < 1.29 is 14.6 Å². The summed E-state index contributed by atoms with van der Waals surface area (Å²) < 4.78 is 5.48. The zero-order valence-electron chi connectivity index (χ0n) is 17.1. The highest BCUT2D eigenvalue weighted by Gasteiger charge is 2.10. The fraction of sp³-hybridized carbons (Fsp3) is 0.208. The second-order valence-corrected chi connectivity index (χ2v) is 7.46. The molecule has 3 aromatic carbocycles. The largest absolute Gasteiger partial charge is 0.496 e. The fourth-order valence-corrected chi connectivity index (χ4v) is 3.30. The first-order chi connectivity index (χ1) is 14.5. The van der Waals surface area contributed by atoms with E-state index in [4.69, 9.17) is 21.4 Å². The van der Waals surface area contributed by atoms with E-state index in [1.54, 1.807) is 31.4 Å².